The summed E-state index contributed by atoms with van der Waals surface area (Å²) in [5, 5.41) is 15.7. The summed E-state index contributed by atoms with van der Waals surface area (Å²) < 4.78 is 12.9. The molecule has 1 aliphatic rings. The molecule has 2 amide bonds. The molecule has 4 rings (SSSR count). The third-order valence-electron chi connectivity index (χ3n) is 5.80. The average molecular weight is 495 g/mol. The summed E-state index contributed by atoms with van der Waals surface area (Å²) in [7, 11) is 0. The number of hydrogen-bond acceptors (Lipinski definition) is 7. The van der Waals surface area contributed by atoms with Gasteiger partial charge in [0.25, 0.3) is 0 Å². The first kappa shape index (κ1) is 25.1. The number of thioether (sulfide) groups is 1. The molecule has 1 fully saturated rings. The summed E-state index contributed by atoms with van der Waals surface area (Å²) in [6.45, 7) is 4.52. The summed E-state index contributed by atoms with van der Waals surface area (Å²) in [6, 6.07) is 16.8. The van der Waals surface area contributed by atoms with Crippen molar-refractivity contribution in [3.05, 3.63) is 83.7 Å². The number of hydrogen-bond donors (Lipinski definition) is 3. The van der Waals surface area contributed by atoms with Crippen LogP contribution in [0.25, 0.3) is 0 Å². The van der Waals surface area contributed by atoms with Gasteiger partial charge in [-0.25, -0.2) is 14.8 Å². The van der Waals surface area contributed by atoms with Crippen LogP contribution in [0.2, 0.25) is 0 Å². The van der Waals surface area contributed by atoms with Gasteiger partial charge in [0.05, 0.1) is 18.8 Å². The van der Waals surface area contributed by atoms with E-state index < -0.39 is 6.29 Å². The van der Waals surface area contributed by atoms with E-state index in [2.05, 4.69) is 27.5 Å². The number of ether oxygens (including phenoxy) is 2. The molecule has 3 N–H and O–H groups in total. The van der Waals surface area contributed by atoms with E-state index in [0.717, 1.165) is 16.7 Å². The van der Waals surface area contributed by atoms with Crippen molar-refractivity contribution < 1.29 is 19.4 Å². The number of nitrogens with zero attached hydrogens (tertiary/aromatic N) is 2. The highest BCUT2D eigenvalue weighted by molar-refractivity contribution is 7.99. The Kier molecular flexibility index (Phi) is 8.70. The van der Waals surface area contributed by atoms with Crippen LogP contribution in [0.15, 0.2) is 72.1 Å². The Labute approximate surface area is 209 Å². The predicted molar refractivity (Wildman–Crippen MR) is 135 cm³/mol. The van der Waals surface area contributed by atoms with Gasteiger partial charge in [-0.2, -0.15) is 0 Å². The van der Waals surface area contributed by atoms with Gasteiger partial charge in [0.2, 0.25) is 0 Å². The molecule has 0 radical (unpaired) electrons. The van der Waals surface area contributed by atoms with E-state index in [4.69, 9.17) is 9.47 Å². The summed E-state index contributed by atoms with van der Waals surface area (Å²) in [6.07, 6.45) is 2.48. The summed E-state index contributed by atoms with van der Waals surface area (Å²) in [4.78, 5) is 20.6. The second-order valence-corrected chi connectivity index (χ2v) is 9.26. The fourth-order valence-corrected chi connectivity index (χ4v) is 4.89. The number of anilines is 1. The largest absolute Gasteiger partial charge is 0.392 e. The van der Waals surface area contributed by atoms with Gasteiger partial charge >= 0.3 is 6.03 Å². The molecule has 0 bridgehead atoms. The number of nitrogens with one attached hydrogen (secondary N) is 2. The molecule has 2 aromatic carbocycles. The number of carbonyl (C=O) groups is 1. The lowest BCUT2D eigenvalue weighted by Crippen LogP contribution is -2.38. The summed E-state index contributed by atoms with van der Waals surface area (Å²) in [5.74, 6) is 0.715. The van der Waals surface area contributed by atoms with Crippen LogP contribution < -0.4 is 10.6 Å². The van der Waals surface area contributed by atoms with Crippen molar-refractivity contribution in [3.8, 4) is 0 Å². The molecule has 9 heteroatoms. The fourth-order valence-electron chi connectivity index (χ4n) is 3.93. The van der Waals surface area contributed by atoms with Crippen LogP contribution >= 0.6 is 11.8 Å². The molecule has 4 unspecified atom stereocenters. The first-order valence-electron chi connectivity index (χ1n) is 11.6. The van der Waals surface area contributed by atoms with Gasteiger partial charge in [-0.15, -0.1) is 0 Å². The van der Waals surface area contributed by atoms with E-state index in [1.165, 1.54) is 0 Å². The van der Waals surface area contributed by atoms with Crippen molar-refractivity contribution in [3.63, 3.8) is 0 Å². The van der Waals surface area contributed by atoms with Crippen molar-refractivity contribution in [1.29, 1.82) is 0 Å². The topological polar surface area (TPSA) is 106 Å². The standard InChI is InChI=1S/C26H30N4O4S/c1-3-27-25(32)30-21-7-4-6-20(14-21)24-33-22(16-35-26-28-12-5-13-29-26)17(2)23(34-24)19-10-8-18(15-31)9-11-19/h4-14,17,22-24,31H,3,15-16H2,1-2H3,(H2,27,30,32). The van der Waals surface area contributed by atoms with E-state index in [-0.39, 0.29) is 30.8 Å². The summed E-state index contributed by atoms with van der Waals surface area (Å²) >= 11 is 1.55. The van der Waals surface area contributed by atoms with Gasteiger partial charge < -0.3 is 25.2 Å². The molecule has 3 aromatic rings. The minimum absolute atomic E-state index is 0.00512. The lowest BCUT2D eigenvalue weighted by Gasteiger charge is -2.41. The Hall–Kier alpha value is -2.98. The Morgan fingerprint density at radius 2 is 1.83 bits per heavy atom. The molecule has 0 spiro atoms. The second kappa shape index (κ2) is 12.1. The quantitative estimate of drug-likeness (QED) is 0.308. The number of aromatic nitrogens is 2. The predicted octanol–water partition coefficient (Wildman–Crippen LogP) is 4.69. The van der Waals surface area contributed by atoms with Crippen LogP contribution in [0.1, 0.15) is 42.9 Å². The molecule has 1 aromatic heterocycles. The van der Waals surface area contributed by atoms with Gasteiger partial charge in [0, 0.05) is 41.9 Å². The van der Waals surface area contributed by atoms with Crippen LogP contribution in [0, 0.1) is 5.92 Å². The lowest BCUT2D eigenvalue weighted by molar-refractivity contribution is -0.268. The molecule has 1 aliphatic heterocycles. The Balaban J connectivity index is 1.57. The Bertz CT molecular complexity index is 1100. The zero-order valence-corrected chi connectivity index (χ0v) is 20.6. The number of carbonyl (C=O) groups excluding carboxylic acids is 1. The zero-order valence-electron chi connectivity index (χ0n) is 19.8. The van der Waals surface area contributed by atoms with Gasteiger partial charge in [-0.3, -0.25) is 0 Å². The molecule has 8 nitrogen and oxygen atoms in total. The first-order valence-corrected chi connectivity index (χ1v) is 12.6. The Morgan fingerprint density at radius 3 is 2.54 bits per heavy atom. The van der Waals surface area contributed by atoms with Gasteiger partial charge in [-0.05, 0) is 36.2 Å². The second-order valence-electron chi connectivity index (χ2n) is 8.27. The molecule has 0 saturated carbocycles. The number of amides is 2. The molecular weight excluding hydrogens is 464 g/mol. The van der Waals surface area contributed by atoms with Crippen LogP contribution in [-0.2, 0) is 16.1 Å². The molecular formula is C26H30N4O4S. The fraction of sp³-hybridized carbons (Fsp3) is 0.346. The smallest absolute Gasteiger partial charge is 0.319 e. The lowest BCUT2D eigenvalue weighted by atomic mass is 9.91. The zero-order chi connectivity index (χ0) is 24.6. The number of aliphatic hydroxyl groups excluding tert-OH is 1. The molecule has 1 saturated heterocycles. The third kappa shape index (κ3) is 6.58. The van der Waals surface area contributed by atoms with Crippen LogP contribution in [0.3, 0.4) is 0 Å². The van der Waals surface area contributed by atoms with E-state index in [0.29, 0.717) is 23.1 Å². The van der Waals surface area contributed by atoms with Crippen molar-refractivity contribution in [1.82, 2.24) is 15.3 Å². The third-order valence-corrected chi connectivity index (χ3v) is 6.76. The van der Waals surface area contributed by atoms with E-state index >= 15 is 0 Å². The molecule has 0 aliphatic carbocycles. The SMILES string of the molecule is CCNC(=O)Nc1cccc(C2OC(CSc3ncccn3)C(C)C(c3ccc(CO)cc3)O2)c1. The van der Waals surface area contributed by atoms with Crippen molar-refractivity contribution in [2.24, 2.45) is 5.92 Å². The van der Waals surface area contributed by atoms with Gasteiger partial charge in [0.1, 0.15) is 0 Å². The van der Waals surface area contributed by atoms with Crippen LogP contribution in [-0.4, -0.2) is 39.5 Å². The maximum Gasteiger partial charge on any atom is 0.319 e. The number of aliphatic hydroxyl groups is 1. The maximum absolute atomic E-state index is 12.0. The van der Waals surface area contributed by atoms with Crippen LogP contribution in [0.4, 0.5) is 10.5 Å². The monoisotopic (exact) mass is 494 g/mol. The molecule has 2 heterocycles. The van der Waals surface area contributed by atoms with Gasteiger partial charge in [0.15, 0.2) is 11.4 Å². The average Bonchev–Trinajstić information content (AvgIpc) is 2.89. The number of urea groups is 1. The Morgan fingerprint density at radius 1 is 1.06 bits per heavy atom. The number of rotatable bonds is 8. The minimum Gasteiger partial charge on any atom is -0.392 e. The van der Waals surface area contributed by atoms with Crippen molar-refractivity contribution in [2.45, 2.75) is 44.1 Å². The molecule has 4 atom stereocenters. The van der Waals surface area contributed by atoms with Crippen molar-refractivity contribution in [2.75, 3.05) is 17.6 Å². The van der Waals surface area contributed by atoms with E-state index in [1.54, 1.807) is 30.2 Å². The van der Waals surface area contributed by atoms with Crippen LogP contribution in [0.5, 0.6) is 0 Å². The summed E-state index contributed by atoms with van der Waals surface area (Å²) in [5.41, 5.74) is 3.34. The first-order chi connectivity index (χ1) is 17.1. The normalized spacial score (nSPS) is 21.9. The maximum atomic E-state index is 12.0. The minimum atomic E-state index is -0.619. The van der Waals surface area contributed by atoms with E-state index in [9.17, 15) is 9.90 Å². The highest BCUT2D eigenvalue weighted by Gasteiger charge is 2.38. The highest BCUT2D eigenvalue weighted by Crippen LogP contribution is 2.43. The highest BCUT2D eigenvalue weighted by atomic mass is 32.2. The molecule has 184 valence electrons. The van der Waals surface area contributed by atoms with E-state index in [1.807, 2.05) is 55.5 Å². The molecule has 35 heavy (non-hydrogen) atoms. The van der Waals surface area contributed by atoms with Gasteiger partial charge in [-0.1, -0.05) is 55.1 Å². The van der Waals surface area contributed by atoms with Crippen molar-refractivity contribution >= 4 is 23.5 Å². The number of benzene rings is 2.